The summed E-state index contributed by atoms with van der Waals surface area (Å²) in [7, 11) is 2.37. The standard InChI is InChI=1S/C31H34N4O12/c1-17(36)32-24(30(41)43-4)14-15-45-22-10-6-20(7-11-22)26(34-47-19(3)38)28(39)33-25-16-35(29(25)40)27(31(42)44-5)21-8-12-23(13-9-21)46-18(2)37/h6-13,24-25,27H,14-16H2,1-5H3,(H,32,36)(H,33,39). The zero-order chi connectivity index (χ0) is 34.7. The number of hydrogen-bond donors (Lipinski definition) is 2. The zero-order valence-corrected chi connectivity index (χ0v) is 26.3. The molecule has 3 rings (SSSR count). The van der Waals surface area contributed by atoms with Gasteiger partial charge in [-0.15, -0.1) is 0 Å². The number of hydrogen-bond acceptors (Lipinski definition) is 13. The van der Waals surface area contributed by atoms with Gasteiger partial charge in [-0.3, -0.25) is 19.2 Å². The van der Waals surface area contributed by atoms with Crippen molar-refractivity contribution in [1.29, 1.82) is 0 Å². The molecule has 1 fully saturated rings. The van der Waals surface area contributed by atoms with E-state index in [1.165, 1.54) is 81.5 Å². The summed E-state index contributed by atoms with van der Waals surface area (Å²) >= 11 is 0. The first-order valence-electron chi connectivity index (χ1n) is 14.2. The van der Waals surface area contributed by atoms with E-state index in [0.717, 1.165) is 6.92 Å². The molecule has 1 aliphatic rings. The second-order valence-electron chi connectivity index (χ2n) is 10.1. The van der Waals surface area contributed by atoms with Gasteiger partial charge in [0.25, 0.3) is 5.91 Å². The third-order valence-electron chi connectivity index (χ3n) is 6.61. The minimum atomic E-state index is -1.13. The number of methoxy groups -OCH3 is 2. The van der Waals surface area contributed by atoms with Crippen LogP contribution in [0.3, 0.4) is 0 Å². The highest BCUT2D eigenvalue weighted by Gasteiger charge is 2.45. The summed E-state index contributed by atoms with van der Waals surface area (Å²) in [5.74, 6) is -3.89. The molecular formula is C31H34N4O12. The average molecular weight is 655 g/mol. The number of benzene rings is 2. The number of likely N-dealkylation sites (tertiary alicyclic amines) is 1. The van der Waals surface area contributed by atoms with Crippen LogP contribution in [-0.4, -0.2) is 91.7 Å². The fourth-order valence-corrected chi connectivity index (χ4v) is 4.43. The van der Waals surface area contributed by atoms with Gasteiger partial charge in [0, 0.05) is 32.8 Å². The van der Waals surface area contributed by atoms with Crippen molar-refractivity contribution in [2.75, 3.05) is 27.4 Å². The predicted octanol–water partition coefficient (Wildman–Crippen LogP) is 0.567. The molecule has 2 aromatic carbocycles. The predicted molar refractivity (Wildman–Crippen MR) is 161 cm³/mol. The molecule has 1 aliphatic heterocycles. The fourth-order valence-electron chi connectivity index (χ4n) is 4.43. The van der Waals surface area contributed by atoms with Crippen molar-refractivity contribution in [3.8, 4) is 11.5 Å². The Morgan fingerprint density at radius 1 is 0.872 bits per heavy atom. The summed E-state index contributed by atoms with van der Waals surface area (Å²) in [6, 6.07) is 8.82. The van der Waals surface area contributed by atoms with Crippen molar-refractivity contribution in [3.05, 3.63) is 59.7 Å². The van der Waals surface area contributed by atoms with E-state index in [1.54, 1.807) is 0 Å². The summed E-state index contributed by atoms with van der Waals surface area (Å²) in [6.07, 6.45) is 0.123. The molecule has 16 nitrogen and oxygen atoms in total. The van der Waals surface area contributed by atoms with Crippen molar-refractivity contribution in [2.24, 2.45) is 5.16 Å². The summed E-state index contributed by atoms with van der Waals surface area (Å²) in [6.45, 7) is 3.59. The lowest BCUT2D eigenvalue weighted by atomic mass is 9.97. The molecule has 0 aromatic heterocycles. The molecule has 1 heterocycles. The molecule has 2 N–H and O–H groups in total. The van der Waals surface area contributed by atoms with Crippen LogP contribution >= 0.6 is 0 Å². The number of β-lactam (4-membered cyclic amide) rings is 1. The van der Waals surface area contributed by atoms with E-state index in [-0.39, 0.29) is 36.6 Å². The van der Waals surface area contributed by atoms with E-state index in [9.17, 15) is 33.6 Å². The highest BCUT2D eigenvalue weighted by molar-refractivity contribution is 6.45. The van der Waals surface area contributed by atoms with Gasteiger partial charge in [-0.05, 0) is 42.0 Å². The van der Waals surface area contributed by atoms with E-state index in [2.05, 4.69) is 20.5 Å². The number of carbonyl (C=O) groups excluding carboxylic acids is 7. The minimum Gasteiger partial charge on any atom is -0.494 e. The summed E-state index contributed by atoms with van der Waals surface area (Å²) in [5.41, 5.74) is 0.284. The maximum atomic E-state index is 13.2. The van der Waals surface area contributed by atoms with Crippen LogP contribution in [0.15, 0.2) is 53.7 Å². The van der Waals surface area contributed by atoms with E-state index in [0.29, 0.717) is 11.3 Å². The second kappa shape index (κ2) is 16.5. The molecule has 0 bridgehead atoms. The molecule has 1 saturated heterocycles. The van der Waals surface area contributed by atoms with Gasteiger partial charge in [0.15, 0.2) is 11.8 Å². The Balaban J connectivity index is 1.69. The zero-order valence-electron chi connectivity index (χ0n) is 26.3. The lowest BCUT2D eigenvalue weighted by Crippen LogP contribution is -2.66. The Bertz CT molecular complexity index is 1540. The Morgan fingerprint density at radius 2 is 1.49 bits per heavy atom. The highest BCUT2D eigenvalue weighted by Crippen LogP contribution is 2.30. The summed E-state index contributed by atoms with van der Waals surface area (Å²) in [4.78, 5) is 90.8. The van der Waals surface area contributed by atoms with Crippen molar-refractivity contribution < 1.29 is 57.3 Å². The monoisotopic (exact) mass is 654 g/mol. The number of ether oxygens (including phenoxy) is 4. The van der Waals surface area contributed by atoms with Gasteiger partial charge in [-0.1, -0.05) is 17.3 Å². The molecular weight excluding hydrogens is 620 g/mol. The molecule has 3 amide bonds. The fraction of sp³-hybridized carbons (Fsp3) is 0.355. The molecule has 47 heavy (non-hydrogen) atoms. The Labute approximate surface area is 269 Å². The van der Waals surface area contributed by atoms with Crippen LogP contribution in [0.2, 0.25) is 0 Å². The maximum absolute atomic E-state index is 13.2. The molecule has 16 heteroatoms. The van der Waals surface area contributed by atoms with Crippen molar-refractivity contribution in [3.63, 3.8) is 0 Å². The number of nitrogens with one attached hydrogen (secondary N) is 2. The van der Waals surface area contributed by atoms with E-state index in [1.807, 2.05) is 0 Å². The van der Waals surface area contributed by atoms with Gasteiger partial charge in [0.2, 0.25) is 11.8 Å². The molecule has 0 radical (unpaired) electrons. The first-order valence-corrected chi connectivity index (χ1v) is 14.2. The third kappa shape index (κ3) is 9.84. The Kier molecular flexibility index (Phi) is 12.5. The lowest BCUT2D eigenvalue weighted by Gasteiger charge is -2.42. The maximum Gasteiger partial charge on any atom is 0.333 e. The minimum absolute atomic E-state index is 0.0392. The quantitative estimate of drug-likeness (QED) is 0.0716. The third-order valence-corrected chi connectivity index (χ3v) is 6.61. The van der Waals surface area contributed by atoms with Gasteiger partial charge in [-0.2, -0.15) is 0 Å². The van der Waals surface area contributed by atoms with Crippen molar-refractivity contribution in [2.45, 2.75) is 45.3 Å². The van der Waals surface area contributed by atoms with E-state index >= 15 is 0 Å². The molecule has 2 aromatic rings. The molecule has 3 unspecified atom stereocenters. The van der Waals surface area contributed by atoms with Gasteiger partial charge >= 0.3 is 23.9 Å². The first kappa shape index (κ1) is 35.7. The number of carbonyl (C=O) groups is 7. The number of esters is 3. The van der Waals surface area contributed by atoms with Crippen LogP contribution in [0.4, 0.5) is 0 Å². The Morgan fingerprint density at radius 3 is 2.02 bits per heavy atom. The largest absolute Gasteiger partial charge is 0.494 e. The average Bonchev–Trinajstić information content (AvgIpc) is 3.03. The molecule has 0 aliphatic carbocycles. The normalized spacial score (nSPS) is 15.3. The SMILES string of the molecule is COC(=O)C(CCOc1ccc(C(=NOC(C)=O)C(=O)NC2CN(C(C(=O)OC)c3ccc(OC(C)=O)cc3)C2=O)cc1)NC(C)=O. The number of nitrogens with zero attached hydrogens (tertiary/aromatic N) is 2. The van der Waals surface area contributed by atoms with E-state index < -0.39 is 59.7 Å². The first-order chi connectivity index (χ1) is 22.3. The molecule has 0 spiro atoms. The summed E-state index contributed by atoms with van der Waals surface area (Å²) < 4.78 is 20.2. The van der Waals surface area contributed by atoms with E-state index in [4.69, 9.17) is 19.0 Å². The van der Waals surface area contributed by atoms with Crippen LogP contribution in [0.25, 0.3) is 0 Å². The van der Waals surface area contributed by atoms with Crippen molar-refractivity contribution in [1.82, 2.24) is 15.5 Å². The number of oxime groups is 1. The van der Waals surface area contributed by atoms with Gasteiger partial charge in [0.05, 0.1) is 27.4 Å². The van der Waals surface area contributed by atoms with Gasteiger partial charge in [0.1, 0.15) is 23.6 Å². The molecule has 250 valence electrons. The Hall–Kier alpha value is -5.80. The van der Waals surface area contributed by atoms with Gasteiger partial charge < -0.3 is 39.3 Å². The number of rotatable bonds is 14. The summed E-state index contributed by atoms with van der Waals surface area (Å²) in [5, 5.41) is 8.67. The van der Waals surface area contributed by atoms with Crippen LogP contribution < -0.4 is 20.1 Å². The van der Waals surface area contributed by atoms with Crippen LogP contribution in [0, 0.1) is 0 Å². The molecule has 0 saturated carbocycles. The van der Waals surface area contributed by atoms with Crippen LogP contribution in [0.5, 0.6) is 11.5 Å². The van der Waals surface area contributed by atoms with Crippen molar-refractivity contribution >= 4 is 47.3 Å². The van der Waals surface area contributed by atoms with Crippen LogP contribution in [-0.2, 0) is 47.9 Å². The van der Waals surface area contributed by atoms with Crippen LogP contribution in [0.1, 0.15) is 44.4 Å². The molecule has 3 atom stereocenters. The lowest BCUT2D eigenvalue weighted by molar-refractivity contribution is -0.161. The smallest absolute Gasteiger partial charge is 0.333 e. The van der Waals surface area contributed by atoms with Gasteiger partial charge in [-0.25, -0.2) is 14.4 Å². The number of amides is 3. The highest BCUT2D eigenvalue weighted by atomic mass is 16.7. The second-order valence-corrected chi connectivity index (χ2v) is 10.1. The topological polar surface area (TPSA) is 205 Å².